The zero-order valence-corrected chi connectivity index (χ0v) is 15.1. The number of hydrogen-bond donors (Lipinski definition) is 2. The minimum Gasteiger partial charge on any atom is -0.334 e. The van der Waals surface area contributed by atoms with E-state index < -0.39 is 0 Å². The molecule has 0 radical (unpaired) electrons. The topological polar surface area (TPSA) is 61.4 Å². The molecule has 0 aromatic heterocycles. The van der Waals surface area contributed by atoms with Gasteiger partial charge in [-0.2, -0.15) is 0 Å². The number of urea groups is 1. The normalized spacial score (nSPS) is 17.5. The van der Waals surface area contributed by atoms with Crippen LogP contribution in [-0.2, 0) is 6.54 Å². The molecular weight excluding hydrogens is 326 g/mol. The lowest BCUT2D eigenvalue weighted by atomic mass is 10.0. The summed E-state index contributed by atoms with van der Waals surface area (Å²) in [4.78, 5) is 26.1. The van der Waals surface area contributed by atoms with Gasteiger partial charge in [0.05, 0.1) is 0 Å². The van der Waals surface area contributed by atoms with Gasteiger partial charge >= 0.3 is 6.03 Å². The molecule has 1 atom stereocenters. The van der Waals surface area contributed by atoms with Crippen molar-refractivity contribution in [3.63, 3.8) is 0 Å². The van der Waals surface area contributed by atoms with Gasteiger partial charge in [0, 0.05) is 30.4 Å². The molecule has 2 N–H and O–H groups in total. The first-order valence-corrected chi connectivity index (χ1v) is 9.05. The van der Waals surface area contributed by atoms with Crippen molar-refractivity contribution < 1.29 is 9.59 Å². The number of Topliss-reactive ketones (excluding diaryl/α,β-unsaturated/α-hetero) is 1. The number of ketones is 1. The molecule has 1 unspecified atom stereocenters. The number of hydrogen-bond acceptors (Lipinski definition) is 3. The number of piperidine rings is 1. The Morgan fingerprint density at radius 3 is 2.69 bits per heavy atom. The van der Waals surface area contributed by atoms with E-state index in [1.54, 1.807) is 24.3 Å². The second kappa shape index (κ2) is 8.63. The third kappa shape index (κ3) is 5.17. The minimum atomic E-state index is -0.225. The van der Waals surface area contributed by atoms with Crippen LogP contribution in [0.15, 0.2) is 54.6 Å². The lowest BCUT2D eigenvalue weighted by Gasteiger charge is -2.33. The molecule has 2 amide bonds. The van der Waals surface area contributed by atoms with Crippen LogP contribution >= 0.6 is 0 Å². The number of nitrogens with one attached hydrogen (secondary N) is 2. The summed E-state index contributed by atoms with van der Waals surface area (Å²) < 4.78 is 0. The first-order chi connectivity index (χ1) is 12.6. The zero-order chi connectivity index (χ0) is 18.4. The Labute approximate surface area is 154 Å². The number of likely N-dealkylation sites (tertiary alicyclic amines) is 1. The van der Waals surface area contributed by atoms with Gasteiger partial charge < -0.3 is 10.6 Å². The predicted octanol–water partition coefficient (Wildman–Crippen LogP) is 3.68. The fourth-order valence-electron chi connectivity index (χ4n) is 3.33. The molecule has 2 aromatic carbocycles. The van der Waals surface area contributed by atoms with Crippen LogP contribution in [0.4, 0.5) is 10.5 Å². The van der Waals surface area contributed by atoms with Crippen LogP contribution in [0.25, 0.3) is 0 Å². The summed E-state index contributed by atoms with van der Waals surface area (Å²) in [6.07, 6.45) is 2.05. The van der Waals surface area contributed by atoms with Crippen LogP contribution in [0.5, 0.6) is 0 Å². The lowest BCUT2D eigenvalue weighted by Crippen LogP contribution is -2.48. The van der Waals surface area contributed by atoms with Crippen molar-refractivity contribution in [3.8, 4) is 0 Å². The molecule has 0 bridgehead atoms. The van der Waals surface area contributed by atoms with Crippen LogP contribution in [-0.4, -0.2) is 35.8 Å². The molecule has 2 aromatic rings. The Morgan fingerprint density at radius 2 is 1.92 bits per heavy atom. The van der Waals surface area contributed by atoms with E-state index in [4.69, 9.17) is 0 Å². The summed E-state index contributed by atoms with van der Waals surface area (Å²) in [6.45, 7) is 4.31. The Hall–Kier alpha value is -2.66. The molecule has 1 fully saturated rings. The first-order valence-electron chi connectivity index (χ1n) is 9.05. The highest BCUT2D eigenvalue weighted by atomic mass is 16.2. The Balaban J connectivity index is 1.52. The van der Waals surface area contributed by atoms with E-state index in [2.05, 4.69) is 39.8 Å². The van der Waals surface area contributed by atoms with Crippen LogP contribution in [0.2, 0.25) is 0 Å². The van der Waals surface area contributed by atoms with Crippen molar-refractivity contribution in [2.24, 2.45) is 0 Å². The van der Waals surface area contributed by atoms with Gasteiger partial charge in [-0.3, -0.25) is 9.69 Å². The second-order valence-corrected chi connectivity index (χ2v) is 6.80. The quantitative estimate of drug-likeness (QED) is 0.808. The van der Waals surface area contributed by atoms with Gasteiger partial charge in [-0.15, -0.1) is 0 Å². The fourth-order valence-corrected chi connectivity index (χ4v) is 3.33. The third-order valence-electron chi connectivity index (χ3n) is 4.62. The van der Waals surface area contributed by atoms with Crippen LogP contribution < -0.4 is 10.6 Å². The molecule has 1 aliphatic rings. The van der Waals surface area contributed by atoms with E-state index in [0.29, 0.717) is 11.3 Å². The maximum Gasteiger partial charge on any atom is 0.319 e. The summed E-state index contributed by atoms with van der Waals surface area (Å²) in [7, 11) is 0. The van der Waals surface area contributed by atoms with Crippen molar-refractivity contribution in [3.05, 3.63) is 65.7 Å². The van der Waals surface area contributed by atoms with Crippen LogP contribution in [0, 0.1) is 0 Å². The number of rotatable bonds is 5. The van der Waals surface area contributed by atoms with Gasteiger partial charge in [0.1, 0.15) is 0 Å². The molecule has 136 valence electrons. The molecule has 1 heterocycles. The van der Waals surface area contributed by atoms with Gasteiger partial charge in [-0.25, -0.2) is 4.79 Å². The summed E-state index contributed by atoms with van der Waals surface area (Å²) in [5.41, 5.74) is 2.51. The number of benzene rings is 2. The molecule has 5 nitrogen and oxygen atoms in total. The summed E-state index contributed by atoms with van der Waals surface area (Å²) >= 11 is 0. The number of nitrogens with zero attached hydrogens (tertiary/aromatic N) is 1. The fraction of sp³-hybridized carbons (Fsp3) is 0.333. The standard InChI is InChI=1S/C21H25N3O2/c1-16(25)18-9-5-10-19(13-18)22-21(26)23-20-11-6-12-24(15-20)14-17-7-3-2-4-8-17/h2-5,7-10,13,20H,6,11-12,14-15H2,1H3,(H2,22,23,26). The molecule has 0 spiro atoms. The predicted molar refractivity (Wildman–Crippen MR) is 103 cm³/mol. The van der Waals surface area contributed by atoms with Gasteiger partial charge in [-0.05, 0) is 44.0 Å². The third-order valence-corrected chi connectivity index (χ3v) is 4.62. The zero-order valence-electron chi connectivity index (χ0n) is 15.1. The Kier molecular flexibility index (Phi) is 6.02. The monoisotopic (exact) mass is 351 g/mol. The van der Waals surface area contributed by atoms with Gasteiger partial charge in [0.15, 0.2) is 5.78 Å². The minimum absolute atomic E-state index is 0.0158. The molecule has 1 aliphatic heterocycles. The Bertz CT molecular complexity index is 761. The van der Waals surface area contributed by atoms with E-state index in [-0.39, 0.29) is 17.9 Å². The van der Waals surface area contributed by atoms with E-state index in [1.807, 2.05) is 6.07 Å². The van der Waals surface area contributed by atoms with Gasteiger partial charge in [-0.1, -0.05) is 42.5 Å². The van der Waals surface area contributed by atoms with Gasteiger partial charge in [0.2, 0.25) is 0 Å². The lowest BCUT2D eigenvalue weighted by molar-refractivity contribution is 0.101. The van der Waals surface area contributed by atoms with E-state index in [9.17, 15) is 9.59 Å². The summed E-state index contributed by atoms with van der Waals surface area (Å²) in [6, 6.07) is 17.3. The molecule has 0 aliphatic carbocycles. The molecule has 5 heteroatoms. The van der Waals surface area contributed by atoms with Crippen LogP contribution in [0.3, 0.4) is 0 Å². The van der Waals surface area contributed by atoms with Crippen LogP contribution in [0.1, 0.15) is 35.7 Å². The molecule has 0 saturated carbocycles. The van der Waals surface area contributed by atoms with Crippen molar-refractivity contribution in [2.75, 3.05) is 18.4 Å². The van der Waals surface area contributed by atoms with E-state index in [1.165, 1.54) is 12.5 Å². The average molecular weight is 351 g/mol. The maximum absolute atomic E-state index is 12.3. The second-order valence-electron chi connectivity index (χ2n) is 6.80. The average Bonchev–Trinajstić information content (AvgIpc) is 2.63. The van der Waals surface area contributed by atoms with Crippen molar-refractivity contribution >= 4 is 17.5 Å². The highest BCUT2D eigenvalue weighted by molar-refractivity contribution is 5.96. The molecule has 1 saturated heterocycles. The maximum atomic E-state index is 12.3. The van der Waals surface area contributed by atoms with Crippen molar-refractivity contribution in [1.29, 1.82) is 0 Å². The number of anilines is 1. The summed E-state index contributed by atoms with van der Waals surface area (Å²) in [5, 5.41) is 5.88. The Morgan fingerprint density at radius 1 is 1.12 bits per heavy atom. The number of carbonyl (C=O) groups excluding carboxylic acids is 2. The van der Waals surface area contributed by atoms with E-state index in [0.717, 1.165) is 32.5 Å². The smallest absolute Gasteiger partial charge is 0.319 e. The van der Waals surface area contributed by atoms with Crippen molar-refractivity contribution in [2.45, 2.75) is 32.4 Å². The largest absolute Gasteiger partial charge is 0.334 e. The van der Waals surface area contributed by atoms with Crippen molar-refractivity contribution in [1.82, 2.24) is 10.2 Å². The SMILES string of the molecule is CC(=O)c1cccc(NC(=O)NC2CCCN(Cc3ccccc3)C2)c1. The highest BCUT2D eigenvalue weighted by Crippen LogP contribution is 2.15. The number of amides is 2. The van der Waals surface area contributed by atoms with E-state index >= 15 is 0 Å². The first kappa shape index (κ1) is 18.1. The highest BCUT2D eigenvalue weighted by Gasteiger charge is 2.21. The molecule has 3 rings (SSSR count). The summed E-state index contributed by atoms with van der Waals surface area (Å²) in [5.74, 6) is -0.0158. The molecular formula is C21H25N3O2. The van der Waals surface area contributed by atoms with Gasteiger partial charge in [0.25, 0.3) is 0 Å². The number of carbonyl (C=O) groups is 2. The molecule has 26 heavy (non-hydrogen) atoms.